The van der Waals surface area contributed by atoms with Crippen LogP contribution in [0, 0.1) is 0 Å². The van der Waals surface area contributed by atoms with Gasteiger partial charge < -0.3 is 14.2 Å². The second-order valence-electron chi connectivity index (χ2n) is 3.58. The third kappa shape index (κ3) is 3.16. The lowest BCUT2D eigenvalue weighted by Crippen LogP contribution is -2.19. The van der Waals surface area contributed by atoms with Gasteiger partial charge in [-0.05, 0) is 6.07 Å². The van der Waals surface area contributed by atoms with E-state index < -0.39 is 6.29 Å². The molecule has 0 spiro atoms. The summed E-state index contributed by atoms with van der Waals surface area (Å²) in [5.74, 6) is 2.64. The molecule has 2 rings (SSSR count). The van der Waals surface area contributed by atoms with Gasteiger partial charge in [-0.25, -0.2) is 9.97 Å². The molecule has 1 saturated heterocycles. The molecule has 0 amide bonds. The van der Waals surface area contributed by atoms with Gasteiger partial charge in [-0.15, -0.1) is 0 Å². The van der Waals surface area contributed by atoms with Gasteiger partial charge in [0, 0.05) is 31.9 Å². The number of ether oxygens (including phenoxy) is 3. The lowest BCUT2D eigenvalue weighted by atomic mass is 10.3. The van der Waals surface area contributed by atoms with Crippen LogP contribution >= 0.6 is 11.8 Å². The van der Waals surface area contributed by atoms with E-state index in [2.05, 4.69) is 9.97 Å². The van der Waals surface area contributed by atoms with Crippen LogP contribution in [0.2, 0.25) is 0 Å². The van der Waals surface area contributed by atoms with Crippen LogP contribution in [0.5, 0.6) is 0 Å². The fourth-order valence-corrected chi connectivity index (χ4v) is 2.49. The Kier molecular flexibility index (Phi) is 4.73. The minimum absolute atomic E-state index is 0.0249. The largest absolute Gasteiger partial charge is 0.368 e. The van der Waals surface area contributed by atoms with Crippen molar-refractivity contribution in [3.05, 3.63) is 23.8 Å². The summed E-state index contributed by atoms with van der Waals surface area (Å²) in [6.45, 7) is 0.751. The molecule has 6 heteroatoms. The Hall–Kier alpha value is -0.690. The number of thioether (sulfide) groups is 1. The van der Waals surface area contributed by atoms with Crippen molar-refractivity contribution in [2.75, 3.05) is 32.3 Å². The molecule has 0 radical (unpaired) electrons. The smallest absolute Gasteiger partial charge is 0.200 e. The first-order valence-corrected chi connectivity index (χ1v) is 6.58. The van der Waals surface area contributed by atoms with Crippen LogP contribution in [-0.2, 0) is 14.2 Å². The first-order valence-electron chi connectivity index (χ1n) is 5.43. The van der Waals surface area contributed by atoms with E-state index in [9.17, 15) is 0 Å². The predicted octanol–water partition coefficient (Wildman–Crippen LogP) is 1.57. The van der Waals surface area contributed by atoms with Crippen molar-refractivity contribution in [3.8, 4) is 0 Å². The monoisotopic (exact) mass is 256 g/mol. The predicted molar refractivity (Wildman–Crippen MR) is 64.8 cm³/mol. The Morgan fingerprint density at radius 2 is 2.29 bits per heavy atom. The van der Waals surface area contributed by atoms with E-state index in [1.165, 1.54) is 0 Å². The highest BCUT2D eigenvalue weighted by atomic mass is 32.2. The van der Waals surface area contributed by atoms with E-state index in [4.69, 9.17) is 14.2 Å². The van der Waals surface area contributed by atoms with Gasteiger partial charge >= 0.3 is 0 Å². The number of hydrogen-bond donors (Lipinski definition) is 0. The molecule has 0 saturated carbocycles. The normalized spacial score (nSPS) is 20.8. The van der Waals surface area contributed by atoms with Gasteiger partial charge in [-0.1, -0.05) is 0 Å². The molecule has 17 heavy (non-hydrogen) atoms. The van der Waals surface area contributed by atoms with Crippen molar-refractivity contribution in [2.45, 2.75) is 12.4 Å². The Balaban J connectivity index is 2.15. The van der Waals surface area contributed by atoms with Crippen molar-refractivity contribution in [1.82, 2.24) is 9.97 Å². The first-order chi connectivity index (χ1) is 8.35. The van der Waals surface area contributed by atoms with Crippen LogP contribution in [0.1, 0.15) is 23.9 Å². The second-order valence-corrected chi connectivity index (χ2v) is 4.73. The molecule has 0 aliphatic carbocycles. The highest BCUT2D eigenvalue weighted by Gasteiger charge is 2.21. The highest BCUT2D eigenvalue weighted by Crippen LogP contribution is 2.25. The second kappa shape index (κ2) is 6.30. The Bertz CT molecular complexity index is 354. The zero-order valence-corrected chi connectivity index (χ0v) is 10.8. The van der Waals surface area contributed by atoms with Gasteiger partial charge in [0.15, 0.2) is 5.82 Å². The minimum atomic E-state index is -0.451. The molecule has 94 valence electrons. The van der Waals surface area contributed by atoms with Crippen LogP contribution < -0.4 is 0 Å². The zero-order valence-electron chi connectivity index (χ0n) is 9.96. The fourth-order valence-electron chi connectivity index (χ4n) is 1.65. The van der Waals surface area contributed by atoms with Crippen LogP contribution in [0.15, 0.2) is 12.3 Å². The SMILES string of the molecule is COC(OC)c1ccnc(C2CSCCO2)n1. The maximum absolute atomic E-state index is 5.64. The van der Waals surface area contributed by atoms with E-state index in [0.29, 0.717) is 5.82 Å². The third-order valence-corrected chi connectivity index (χ3v) is 3.46. The molecule has 1 aromatic heterocycles. The molecule has 0 N–H and O–H groups in total. The molecule has 1 fully saturated rings. The summed E-state index contributed by atoms with van der Waals surface area (Å²) in [5.41, 5.74) is 0.721. The minimum Gasteiger partial charge on any atom is -0.368 e. The van der Waals surface area contributed by atoms with Gasteiger partial charge in [-0.2, -0.15) is 11.8 Å². The van der Waals surface area contributed by atoms with E-state index in [1.807, 2.05) is 11.8 Å². The van der Waals surface area contributed by atoms with Gasteiger partial charge in [0.2, 0.25) is 6.29 Å². The quantitative estimate of drug-likeness (QED) is 0.762. The van der Waals surface area contributed by atoms with Crippen molar-refractivity contribution >= 4 is 11.8 Å². The summed E-state index contributed by atoms with van der Waals surface area (Å²) < 4.78 is 16.0. The molecule has 5 nitrogen and oxygen atoms in total. The molecule has 1 aromatic rings. The van der Waals surface area contributed by atoms with Gasteiger partial charge in [-0.3, -0.25) is 0 Å². The molecule has 2 heterocycles. The molecular formula is C11H16N2O3S. The van der Waals surface area contributed by atoms with E-state index >= 15 is 0 Å². The topological polar surface area (TPSA) is 53.5 Å². The summed E-state index contributed by atoms with van der Waals surface area (Å²) in [6, 6.07) is 1.79. The number of nitrogens with zero attached hydrogens (tertiary/aromatic N) is 2. The van der Waals surface area contributed by atoms with E-state index in [1.54, 1.807) is 26.5 Å². The van der Waals surface area contributed by atoms with Crippen molar-refractivity contribution in [2.24, 2.45) is 0 Å². The zero-order chi connectivity index (χ0) is 12.1. The average molecular weight is 256 g/mol. The van der Waals surface area contributed by atoms with Crippen LogP contribution in [0.4, 0.5) is 0 Å². The third-order valence-electron chi connectivity index (χ3n) is 2.47. The van der Waals surface area contributed by atoms with E-state index in [-0.39, 0.29) is 6.10 Å². The molecule has 1 aliphatic rings. The summed E-state index contributed by atoms with van der Waals surface area (Å²) in [6.07, 6.45) is 1.24. The molecule has 1 unspecified atom stereocenters. The first kappa shape index (κ1) is 12.8. The fraction of sp³-hybridized carbons (Fsp3) is 0.636. The van der Waals surface area contributed by atoms with Crippen molar-refractivity contribution in [3.63, 3.8) is 0 Å². The lowest BCUT2D eigenvalue weighted by Gasteiger charge is -2.21. The van der Waals surface area contributed by atoms with Crippen molar-refractivity contribution in [1.29, 1.82) is 0 Å². The standard InChI is InChI=1S/C11H16N2O3S/c1-14-11(15-2)8-3-4-12-10(13-8)9-7-17-6-5-16-9/h3-4,9,11H,5-7H2,1-2H3. The average Bonchev–Trinajstić information content (AvgIpc) is 2.42. The van der Waals surface area contributed by atoms with Gasteiger partial charge in [0.1, 0.15) is 11.8 Å². The van der Waals surface area contributed by atoms with Crippen LogP contribution in [0.3, 0.4) is 0 Å². The van der Waals surface area contributed by atoms with Crippen LogP contribution in [0.25, 0.3) is 0 Å². The number of hydrogen-bond acceptors (Lipinski definition) is 6. The molecular weight excluding hydrogens is 240 g/mol. The number of rotatable bonds is 4. The van der Waals surface area contributed by atoms with Gasteiger partial charge in [0.05, 0.1) is 6.61 Å². The highest BCUT2D eigenvalue weighted by molar-refractivity contribution is 7.99. The Labute approximate surface area is 105 Å². The van der Waals surface area contributed by atoms with Crippen LogP contribution in [-0.4, -0.2) is 42.3 Å². The number of methoxy groups -OCH3 is 2. The summed E-state index contributed by atoms with van der Waals surface area (Å²) in [4.78, 5) is 8.69. The maximum Gasteiger partial charge on any atom is 0.200 e. The maximum atomic E-state index is 5.64. The molecule has 1 aliphatic heterocycles. The molecule has 0 aromatic carbocycles. The molecule has 1 atom stereocenters. The Morgan fingerprint density at radius 1 is 1.47 bits per heavy atom. The Morgan fingerprint density at radius 3 is 2.94 bits per heavy atom. The number of aromatic nitrogens is 2. The van der Waals surface area contributed by atoms with Crippen molar-refractivity contribution < 1.29 is 14.2 Å². The summed E-state index contributed by atoms with van der Waals surface area (Å²) in [7, 11) is 3.17. The lowest BCUT2D eigenvalue weighted by molar-refractivity contribution is -0.109. The molecule has 0 bridgehead atoms. The summed E-state index contributed by atoms with van der Waals surface area (Å²) in [5, 5.41) is 0. The summed E-state index contributed by atoms with van der Waals surface area (Å²) >= 11 is 1.86. The van der Waals surface area contributed by atoms with E-state index in [0.717, 1.165) is 23.8 Å². The van der Waals surface area contributed by atoms with Gasteiger partial charge in [0.25, 0.3) is 0 Å².